The van der Waals surface area contributed by atoms with Crippen LogP contribution in [0.1, 0.15) is 61.1 Å². The Bertz CT molecular complexity index is 736. The Morgan fingerprint density at radius 1 is 0.962 bits per heavy atom. The van der Waals surface area contributed by atoms with Crippen molar-refractivity contribution in [3.05, 3.63) is 17.5 Å². The second-order valence-electron chi connectivity index (χ2n) is 7.70. The van der Waals surface area contributed by atoms with E-state index < -0.39 is 10.0 Å². The number of aryl methyl sites for hydroxylation is 2. The molecule has 0 unspecified atom stereocenters. The third kappa shape index (κ3) is 3.41. The molecular formula is C18H28N4O3S. The van der Waals surface area contributed by atoms with Crippen LogP contribution in [0.2, 0.25) is 0 Å². The second kappa shape index (κ2) is 7.31. The van der Waals surface area contributed by atoms with Crippen molar-refractivity contribution in [3.63, 3.8) is 0 Å². The molecule has 26 heavy (non-hydrogen) atoms. The number of piperazine rings is 1. The lowest BCUT2D eigenvalue weighted by atomic mass is 10.0. The van der Waals surface area contributed by atoms with Gasteiger partial charge in [0.2, 0.25) is 10.0 Å². The molecule has 2 fully saturated rings. The lowest BCUT2D eigenvalue weighted by Gasteiger charge is -2.36. The summed E-state index contributed by atoms with van der Waals surface area (Å²) in [6.07, 6.45) is 7.96. The number of carbonyl (C=O) groups is 1. The van der Waals surface area contributed by atoms with E-state index in [-0.39, 0.29) is 11.2 Å². The molecule has 2 aliphatic heterocycles. The molecule has 4 rings (SSSR count). The number of hydrogen-bond donors (Lipinski definition) is 0. The van der Waals surface area contributed by atoms with Crippen LogP contribution in [-0.4, -0.2) is 64.7 Å². The molecule has 3 aliphatic rings. The molecule has 8 heteroatoms. The average Bonchev–Trinajstić information content (AvgIpc) is 3.12. The fourth-order valence-electron chi connectivity index (χ4n) is 4.40. The molecule has 1 aromatic rings. The molecule has 7 nitrogen and oxygen atoms in total. The number of sulfonamides is 1. The summed E-state index contributed by atoms with van der Waals surface area (Å²) in [4.78, 5) is 14.5. The fraction of sp³-hybridized carbons (Fsp3) is 0.778. The zero-order chi connectivity index (χ0) is 18.1. The first-order chi connectivity index (χ1) is 12.6. The number of hydrogen-bond acceptors (Lipinski definition) is 4. The Morgan fingerprint density at radius 3 is 2.38 bits per heavy atom. The minimum absolute atomic E-state index is 0.0679. The Balaban J connectivity index is 1.38. The summed E-state index contributed by atoms with van der Waals surface area (Å²) in [6.45, 7) is 2.59. The molecule has 0 bridgehead atoms. The normalized spacial score (nSPS) is 23.0. The van der Waals surface area contributed by atoms with E-state index in [0.717, 1.165) is 63.6 Å². The van der Waals surface area contributed by atoms with Crippen LogP contribution in [0, 0.1) is 0 Å². The zero-order valence-corrected chi connectivity index (χ0v) is 16.1. The van der Waals surface area contributed by atoms with Gasteiger partial charge in [0, 0.05) is 38.4 Å². The molecule has 1 aromatic heterocycles. The first-order valence-corrected chi connectivity index (χ1v) is 11.4. The van der Waals surface area contributed by atoms with Crippen molar-refractivity contribution in [1.29, 1.82) is 0 Å². The predicted octanol–water partition coefficient (Wildman–Crippen LogP) is 1.64. The van der Waals surface area contributed by atoms with E-state index in [1.54, 1.807) is 9.21 Å². The van der Waals surface area contributed by atoms with Crippen LogP contribution >= 0.6 is 0 Å². The van der Waals surface area contributed by atoms with Crippen molar-refractivity contribution in [1.82, 2.24) is 19.0 Å². The van der Waals surface area contributed by atoms with Gasteiger partial charge in [0.25, 0.3) is 5.91 Å². The molecule has 3 heterocycles. The number of rotatable bonds is 3. The van der Waals surface area contributed by atoms with Crippen LogP contribution in [-0.2, 0) is 23.0 Å². The topological polar surface area (TPSA) is 75.5 Å². The quantitative estimate of drug-likeness (QED) is 0.799. The van der Waals surface area contributed by atoms with Crippen LogP contribution in [0.15, 0.2) is 6.07 Å². The maximum atomic E-state index is 12.8. The van der Waals surface area contributed by atoms with Gasteiger partial charge in [-0.15, -0.1) is 0 Å². The minimum Gasteiger partial charge on any atom is -0.335 e. The van der Waals surface area contributed by atoms with Crippen molar-refractivity contribution in [2.24, 2.45) is 0 Å². The Labute approximate surface area is 155 Å². The van der Waals surface area contributed by atoms with Crippen molar-refractivity contribution in [2.45, 2.75) is 63.2 Å². The molecule has 1 saturated heterocycles. The molecular weight excluding hydrogens is 352 g/mol. The van der Waals surface area contributed by atoms with Crippen LogP contribution in [0.5, 0.6) is 0 Å². The van der Waals surface area contributed by atoms with Crippen LogP contribution in [0.4, 0.5) is 0 Å². The van der Waals surface area contributed by atoms with Gasteiger partial charge < -0.3 is 4.90 Å². The number of fused-ring (bicyclic) bond motifs is 1. The molecule has 1 amide bonds. The van der Waals surface area contributed by atoms with E-state index in [4.69, 9.17) is 0 Å². The summed E-state index contributed by atoms with van der Waals surface area (Å²) in [5.41, 5.74) is 1.64. The molecule has 0 radical (unpaired) electrons. The first-order valence-electron chi connectivity index (χ1n) is 9.91. The molecule has 1 aliphatic carbocycles. The Morgan fingerprint density at radius 2 is 1.69 bits per heavy atom. The number of amides is 1. The van der Waals surface area contributed by atoms with Crippen molar-refractivity contribution in [2.75, 3.05) is 26.2 Å². The monoisotopic (exact) mass is 380 g/mol. The highest BCUT2D eigenvalue weighted by atomic mass is 32.2. The van der Waals surface area contributed by atoms with Gasteiger partial charge in [0.1, 0.15) is 0 Å². The molecule has 0 N–H and O–H groups in total. The summed E-state index contributed by atoms with van der Waals surface area (Å²) in [5.74, 6) is -0.0679. The van der Waals surface area contributed by atoms with E-state index in [2.05, 4.69) is 5.10 Å². The minimum atomic E-state index is -3.23. The van der Waals surface area contributed by atoms with E-state index >= 15 is 0 Å². The zero-order valence-electron chi connectivity index (χ0n) is 15.3. The van der Waals surface area contributed by atoms with E-state index in [1.165, 1.54) is 0 Å². The summed E-state index contributed by atoms with van der Waals surface area (Å²) in [5, 5.41) is 4.24. The van der Waals surface area contributed by atoms with Gasteiger partial charge in [-0.3, -0.25) is 9.48 Å². The van der Waals surface area contributed by atoms with Gasteiger partial charge in [0.15, 0.2) is 5.69 Å². The highest BCUT2D eigenvalue weighted by Crippen LogP contribution is 2.27. The average molecular weight is 381 g/mol. The van der Waals surface area contributed by atoms with E-state index in [1.807, 2.05) is 10.7 Å². The number of aromatic nitrogens is 2. The highest BCUT2D eigenvalue weighted by molar-refractivity contribution is 7.89. The third-order valence-electron chi connectivity index (χ3n) is 5.99. The van der Waals surface area contributed by atoms with Gasteiger partial charge in [-0.1, -0.05) is 19.3 Å². The predicted molar refractivity (Wildman–Crippen MR) is 98.4 cm³/mol. The smallest absolute Gasteiger partial charge is 0.274 e. The van der Waals surface area contributed by atoms with Gasteiger partial charge in [-0.2, -0.15) is 9.40 Å². The van der Waals surface area contributed by atoms with Gasteiger partial charge in [-0.25, -0.2) is 8.42 Å². The molecule has 0 aromatic carbocycles. The SMILES string of the molecule is O=C(c1cc2n(n1)CCCC2)N1CCN(S(=O)(=O)C2CCCCC2)CC1. The third-order valence-corrected chi connectivity index (χ3v) is 8.39. The van der Waals surface area contributed by atoms with Crippen LogP contribution in [0.3, 0.4) is 0 Å². The molecule has 0 atom stereocenters. The Kier molecular flexibility index (Phi) is 5.05. The molecule has 0 spiro atoms. The maximum absolute atomic E-state index is 12.8. The lowest BCUT2D eigenvalue weighted by Crippen LogP contribution is -2.52. The largest absolute Gasteiger partial charge is 0.335 e. The first kappa shape index (κ1) is 18.0. The molecule has 1 saturated carbocycles. The van der Waals surface area contributed by atoms with Crippen LogP contribution < -0.4 is 0 Å². The van der Waals surface area contributed by atoms with Gasteiger partial charge in [0.05, 0.1) is 5.25 Å². The van der Waals surface area contributed by atoms with Gasteiger partial charge >= 0.3 is 0 Å². The summed E-state index contributed by atoms with van der Waals surface area (Å²) in [7, 11) is -3.23. The summed E-state index contributed by atoms with van der Waals surface area (Å²) in [6, 6.07) is 1.91. The summed E-state index contributed by atoms with van der Waals surface area (Å²) >= 11 is 0. The van der Waals surface area contributed by atoms with Crippen molar-refractivity contribution >= 4 is 15.9 Å². The summed E-state index contributed by atoms with van der Waals surface area (Å²) < 4.78 is 29.2. The lowest BCUT2D eigenvalue weighted by molar-refractivity contribution is 0.0690. The standard InChI is InChI=1S/C18H28N4O3S/c23-18(17-14-15-6-4-5-9-22(15)19-17)20-10-12-21(13-11-20)26(24,25)16-7-2-1-3-8-16/h14,16H,1-13H2. The number of carbonyl (C=O) groups excluding carboxylic acids is 1. The highest BCUT2D eigenvalue weighted by Gasteiger charge is 2.36. The van der Waals surface area contributed by atoms with Gasteiger partial charge in [-0.05, 0) is 38.2 Å². The van der Waals surface area contributed by atoms with Crippen molar-refractivity contribution < 1.29 is 13.2 Å². The fourth-order valence-corrected chi connectivity index (χ4v) is 6.43. The van der Waals surface area contributed by atoms with Crippen LogP contribution in [0.25, 0.3) is 0 Å². The maximum Gasteiger partial charge on any atom is 0.274 e. The van der Waals surface area contributed by atoms with E-state index in [0.29, 0.717) is 31.9 Å². The Hall–Kier alpha value is -1.41. The molecule has 144 valence electrons. The number of nitrogens with zero attached hydrogens (tertiary/aromatic N) is 4. The van der Waals surface area contributed by atoms with E-state index in [9.17, 15) is 13.2 Å². The van der Waals surface area contributed by atoms with Crippen molar-refractivity contribution in [3.8, 4) is 0 Å². The second-order valence-corrected chi connectivity index (χ2v) is 9.91.